The molecule has 1 N–H and O–H groups in total. The predicted molar refractivity (Wildman–Crippen MR) is 145 cm³/mol. The van der Waals surface area contributed by atoms with Gasteiger partial charge in [0.2, 0.25) is 5.95 Å². The first-order chi connectivity index (χ1) is 17.8. The van der Waals surface area contributed by atoms with Gasteiger partial charge in [0.1, 0.15) is 5.67 Å². The maximum Gasteiger partial charge on any atom is 0.225 e. The molecule has 2 aliphatic heterocycles. The van der Waals surface area contributed by atoms with Crippen molar-refractivity contribution in [3.63, 3.8) is 0 Å². The van der Waals surface area contributed by atoms with Crippen molar-refractivity contribution in [2.75, 3.05) is 38.8 Å². The van der Waals surface area contributed by atoms with Gasteiger partial charge < -0.3 is 19.4 Å². The van der Waals surface area contributed by atoms with Crippen molar-refractivity contribution in [2.24, 2.45) is 5.92 Å². The second kappa shape index (κ2) is 10.7. The molecule has 2 aliphatic rings. The largest absolute Gasteiger partial charge is 0.357 e. The SMILES string of the molecule is COC(CC1CCN(c2ncc([C@@H]3c4[nH]c5ccccc5c4C[C@@H](C)N3CC(C)(C)F)cn2)CC1)OC. The molecule has 1 fully saturated rings. The Morgan fingerprint density at radius 2 is 1.78 bits per heavy atom. The van der Waals surface area contributed by atoms with Gasteiger partial charge in [-0.25, -0.2) is 14.4 Å². The lowest BCUT2D eigenvalue weighted by Crippen LogP contribution is -2.47. The van der Waals surface area contributed by atoms with Crippen LogP contribution in [-0.4, -0.2) is 71.7 Å². The third-order valence-corrected chi connectivity index (χ3v) is 8.00. The number of alkyl halides is 1. The van der Waals surface area contributed by atoms with E-state index in [1.54, 1.807) is 28.1 Å². The van der Waals surface area contributed by atoms with Crippen LogP contribution in [0.25, 0.3) is 10.9 Å². The number of nitrogens with zero attached hydrogens (tertiary/aromatic N) is 4. The minimum Gasteiger partial charge on any atom is -0.357 e. The molecule has 0 amide bonds. The smallest absolute Gasteiger partial charge is 0.225 e. The Morgan fingerprint density at radius 1 is 1.11 bits per heavy atom. The number of ether oxygens (including phenoxy) is 2. The van der Waals surface area contributed by atoms with Crippen molar-refractivity contribution < 1.29 is 13.9 Å². The number of nitrogens with one attached hydrogen (secondary N) is 1. The lowest BCUT2D eigenvalue weighted by molar-refractivity contribution is -0.115. The summed E-state index contributed by atoms with van der Waals surface area (Å²) in [6.07, 6.45) is 7.66. The average molecular weight is 510 g/mol. The van der Waals surface area contributed by atoms with Crippen molar-refractivity contribution >= 4 is 16.9 Å². The molecule has 1 saturated heterocycles. The first-order valence-electron chi connectivity index (χ1n) is 13.4. The second-order valence-corrected chi connectivity index (χ2v) is 11.3. The molecule has 37 heavy (non-hydrogen) atoms. The number of methoxy groups -OCH3 is 2. The van der Waals surface area contributed by atoms with Gasteiger partial charge in [-0.2, -0.15) is 0 Å². The number of anilines is 1. The van der Waals surface area contributed by atoms with E-state index in [-0.39, 0.29) is 18.4 Å². The van der Waals surface area contributed by atoms with Crippen molar-refractivity contribution in [3.05, 3.63) is 53.5 Å². The molecule has 2 atom stereocenters. The summed E-state index contributed by atoms with van der Waals surface area (Å²) in [5, 5.41) is 1.25. The summed E-state index contributed by atoms with van der Waals surface area (Å²) < 4.78 is 25.7. The van der Waals surface area contributed by atoms with Crippen LogP contribution in [0.4, 0.5) is 10.3 Å². The fourth-order valence-corrected chi connectivity index (χ4v) is 6.11. The van der Waals surface area contributed by atoms with E-state index >= 15 is 0 Å². The minimum absolute atomic E-state index is 0.124. The number of halogens is 1. The highest BCUT2D eigenvalue weighted by atomic mass is 19.1. The molecule has 0 spiro atoms. The Kier molecular flexibility index (Phi) is 7.52. The van der Waals surface area contributed by atoms with E-state index in [0.29, 0.717) is 12.5 Å². The van der Waals surface area contributed by atoms with E-state index in [1.807, 2.05) is 12.4 Å². The average Bonchev–Trinajstić information content (AvgIpc) is 3.25. The Balaban J connectivity index is 1.39. The highest BCUT2D eigenvalue weighted by Gasteiger charge is 2.39. The van der Waals surface area contributed by atoms with Gasteiger partial charge in [0.25, 0.3) is 0 Å². The van der Waals surface area contributed by atoms with Crippen molar-refractivity contribution in [1.82, 2.24) is 19.9 Å². The zero-order valence-electron chi connectivity index (χ0n) is 22.7. The molecule has 5 rings (SSSR count). The van der Waals surface area contributed by atoms with Crippen LogP contribution in [0.15, 0.2) is 36.7 Å². The molecule has 0 unspecified atom stereocenters. The molecule has 8 heteroatoms. The van der Waals surface area contributed by atoms with E-state index in [1.165, 1.54) is 10.9 Å². The Morgan fingerprint density at radius 3 is 2.43 bits per heavy atom. The van der Waals surface area contributed by atoms with Crippen LogP contribution in [0.1, 0.15) is 62.9 Å². The summed E-state index contributed by atoms with van der Waals surface area (Å²) in [6.45, 7) is 7.68. The molecule has 2 aromatic heterocycles. The van der Waals surface area contributed by atoms with Crippen LogP contribution in [-0.2, 0) is 15.9 Å². The maximum absolute atomic E-state index is 15.0. The maximum atomic E-state index is 15.0. The standard InChI is InChI=1S/C29H40FN5O2/c1-19-14-23-22-8-6-7-9-24(22)33-26(23)27(35(19)18-29(2,3)30)21-16-31-28(32-17-21)34-12-10-20(11-13-34)15-25(36-4)37-5/h6-9,16-17,19-20,25,27,33H,10-15,18H2,1-5H3/t19-,27-/m1/s1. The third kappa shape index (κ3) is 5.52. The molecule has 7 nitrogen and oxygen atoms in total. The summed E-state index contributed by atoms with van der Waals surface area (Å²) in [5.41, 5.74) is 3.25. The Labute approximate surface area is 219 Å². The number of hydrogen-bond acceptors (Lipinski definition) is 6. The van der Waals surface area contributed by atoms with Gasteiger partial charge in [0.05, 0.1) is 6.04 Å². The van der Waals surface area contributed by atoms with Gasteiger partial charge in [-0.15, -0.1) is 0 Å². The molecular weight excluding hydrogens is 469 g/mol. The van der Waals surface area contributed by atoms with Crippen molar-refractivity contribution in [3.8, 4) is 0 Å². The van der Waals surface area contributed by atoms with E-state index in [2.05, 4.69) is 46.0 Å². The van der Waals surface area contributed by atoms with E-state index in [9.17, 15) is 4.39 Å². The van der Waals surface area contributed by atoms with Gasteiger partial charge in [-0.05, 0) is 57.6 Å². The summed E-state index contributed by atoms with van der Waals surface area (Å²) >= 11 is 0. The molecule has 0 bridgehead atoms. The number of aromatic amines is 1. The van der Waals surface area contributed by atoms with Gasteiger partial charge in [-0.3, -0.25) is 4.90 Å². The molecular formula is C29H40FN5O2. The fourth-order valence-electron chi connectivity index (χ4n) is 6.11. The number of fused-ring (bicyclic) bond motifs is 3. The van der Waals surface area contributed by atoms with E-state index in [0.717, 1.165) is 61.5 Å². The van der Waals surface area contributed by atoms with Crippen LogP contribution < -0.4 is 4.90 Å². The normalized spacial score (nSPS) is 21.6. The van der Waals surface area contributed by atoms with Crippen LogP contribution in [0.5, 0.6) is 0 Å². The zero-order chi connectivity index (χ0) is 26.2. The monoisotopic (exact) mass is 509 g/mol. The number of hydrogen-bond donors (Lipinski definition) is 1. The first kappa shape index (κ1) is 26.1. The number of piperidine rings is 1. The first-order valence-corrected chi connectivity index (χ1v) is 13.4. The van der Waals surface area contributed by atoms with Crippen molar-refractivity contribution in [2.45, 2.75) is 70.5 Å². The summed E-state index contributed by atoms with van der Waals surface area (Å²) in [5.74, 6) is 1.33. The predicted octanol–water partition coefficient (Wildman–Crippen LogP) is 5.27. The molecule has 4 heterocycles. The molecule has 1 aromatic carbocycles. The highest BCUT2D eigenvalue weighted by Crippen LogP contribution is 2.41. The quantitative estimate of drug-likeness (QED) is 0.418. The van der Waals surface area contributed by atoms with Crippen LogP contribution in [0.2, 0.25) is 0 Å². The van der Waals surface area contributed by atoms with Gasteiger partial charge >= 0.3 is 0 Å². The second-order valence-electron chi connectivity index (χ2n) is 11.3. The summed E-state index contributed by atoms with van der Waals surface area (Å²) in [4.78, 5) is 17.8. The summed E-state index contributed by atoms with van der Waals surface area (Å²) in [7, 11) is 3.39. The molecule has 3 aromatic rings. The van der Waals surface area contributed by atoms with Gasteiger partial charge in [0, 0.05) is 80.9 Å². The van der Waals surface area contributed by atoms with Crippen molar-refractivity contribution in [1.29, 1.82) is 0 Å². The van der Waals surface area contributed by atoms with Gasteiger partial charge in [0.15, 0.2) is 6.29 Å². The number of H-pyrrole nitrogens is 1. The van der Waals surface area contributed by atoms with Crippen LogP contribution in [0, 0.1) is 5.92 Å². The zero-order valence-corrected chi connectivity index (χ0v) is 22.7. The number of rotatable bonds is 8. The number of aromatic nitrogens is 3. The molecule has 0 saturated carbocycles. The number of para-hydroxylation sites is 1. The highest BCUT2D eigenvalue weighted by molar-refractivity contribution is 5.85. The molecule has 0 radical (unpaired) electrons. The Hall–Kier alpha value is -2.55. The molecule has 200 valence electrons. The number of benzene rings is 1. The topological polar surface area (TPSA) is 66.5 Å². The van der Waals surface area contributed by atoms with Crippen LogP contribution in [0.3, 0.4) is 0 Å². The fraction of sp³-hybridized carbons (Fsp3) is 0.586. The lowest BCUT2D eigenvalue weighted by atomic mass is 9.88. The molecule has 0 aliphatic carbocycles. The van der Waals surface area contributed by atoms with Gasteiger partial charge in [-0.1, -0.05) is 18.2 Å². The Bertz CT molecular complexity index is 1180. The minimum atomic E-state index is -1.31. The lowest BCUT2D eigenvalue weighted by Gasteiger charge is -2.42. The van der Waals surface area contributed by atoms with E-state index < -0.39 is 5.67 Å². The van der Waals surface area contributed by atoms with Crippen LogP contribution >= 0.6 is 0 Å². The third-order valence-electron chi connectivity index (χ3n) is 8.00. The van der Waals surface area contributed by atoms with E-state index in [4.69, 9.17) is 19.4 Å². The summed E-state index contributed by atoms with van der Waals surface area (Å²) in [6, 6.07) is 8.49.